The molecule has 3 N–H and O–H groups in total. The van der Waals surface area contributed by atoms with Crippen LogP contribution in [0.1, 0.15) is 0 Å². The van der Waals surface area contributed by atoms with Crippen LogP contribution >= 0.6 is 0 Å². The molecule has 1 heterocycles. The van der Waals surface area contributed by atoms with Crippen molar-refractivity contribution in [2.24, 2.45) is 0 Å². The van der Waals surface area contributed by atoms with Crippen LogP contribution in [-0.2, 0) is 10.0 Å². The van der Waals surface area contributed by atoms with E-state index in [1.54, 1.807) is 0 Å². The minimum absolute atomic E-state index is 0.257. The first-order chi connectivity index (χ1) is 3.71. The number of hydrogen-bond acceptors (Lipinski definition) is 2. The largest absolute Gasteiger partial charge is 0.332 e. The van der Waals surface area contributed by atoms with Crippen LogP contribution in [0, 0.1) is 0 Å². The maximum atomic E-state index is 10.5. The van der Waals surface area contributed by atoms with Crippen molar-refractivity contribution in [1.29, 1.82) is 0 Å². The summed E-state index contributed by atoms with van der Waals surface area (Å²) in [4.78, 5) is 0. The lowest BCUT2D eigenvalue weighted by Crippen LogP contribution is -2.91. The van der Waals surface area contributed by atoms with Crippen LogP contribution in [0.2, 0.25) is 0 Å². The number of quaternary nitrogens is 1. The van der Waals surface area contributed by atoms with Crippen molar-refractivity contribution in [2.75, 3.05) is 19.0 Å². The predicted molar refractivity (Wildman–Crippen MR) is 28.6 cm³/mol. The molecule has 0 atom stereocenters. The van der Waals surface area contributed by atoms with E-state index in [1.165, 1.54) is 0 Å². The number of nitrogens with two attached hydrogens (primary N) is 1. The Bertz CT molecular complexity index is 150. The first-order valence-corrected chi connectivity index (χ1v) is 4.15. The predicted octanol–water partition coefficient (Wildman–Crippen LogP) is -2.56. The molecule has 0 aromatic carbocycles. The monoisotopic (exact) mass is 137 g/mol. The molecule has 8 heavy (non-hydrogen) atoms. The second-order valence-electron chi connectivity index (χ2n) is 1.74. The van der Waals surface area contributed by atoms with Gasteiger partial charge in [0, 0.05) is 0 Å². The van der Waals surface area contributed by atoms with Gasteiger partial charge in [-0.1, -0.05) is 0 Å². The molecule has 0 amide bonds. The Balaban J connectivity index is 2.58. The zero-order chi connectivity index (χ0) is 6.04. The Morgan fingerprint density at radius 2 is 2.25 bits per heavy atom. The summed E-state index contributed by atoms with van der Waals surface area (Å²) in [5.41, 5.74) is 0. The Hall–Kier alpha value is -0.130. The Labute approximate surface area is 48.3 Å². The number of hydrogen-bond donors (Lipinski definition) is 2. The average molecular weight is 137 g/mol. The van der Waals surface area contributed by atoms with Gasteiger partial charge in [-0.15, -0.1) is 0 Å². The second-order valence-corrected chi connectivity index (χ2v) is 3.67. The van der Waals surface area contributed by atoms with Gasteiger partial charge in [-0.3, -0.25) is 0 Å². The number of rotatable bonds is 0. The molecule has 0 saturated carbocycles. The Morgan fingerprint density at radius 1 is 1.50 bits per heavy atom. The topological polar surface area (TPSA) is 62.8 Å². The summed E-state index contributed by atoms with van der Waals surface area (Å²) in [6, 6.07) is 0. The maximum absolute atomic E-state index is 10.5. The fourth-order valence-electron chi connectivity index (χ4n) is 0.599. The summed E-state index contributed by atoms with van der Waals surface area (Å²) in [5, 5.41) is 1.92. The van der Waals surface area contributed by atoms with E-state index in [4.69, 9.17) is 0 Å². The smallest absolute Gasteiger partial charge is 0.221 e. The summed E-state index contributed by atoms with van der Waals surface area (Å²) in [5.74, 6) is 0.257. The molecule has 5 heteroatoms. The Kier molecular flexibility index (Phi) is 1.50. The third-order valence-electron chi connectivity index (χ3n) is 1.04. The summed E-state index contributed by atoms with van der Waals surface area (Å²) in [7, 11) is -2.86. The van der Waals surface area contributed by atoms with Crippen molar-refractivity contribution in [3.05, 3.63) is 0 Å². The molecule has 1 saturated heterocycles. The quantitative estimate of drug-likeness (QED) is 0.386. The zero-order valence-corrected chi connectivity index (χ0v) is 5.24. The lowest BCUT2D eigenvalue weighted by atomic mass is 10.7. The number of nitrogens with one attached hydrogen (secondary N) is 1. The highest BCUT2D eigenvalue weighted by atomic mass is 32.2. The minimum Gasteiger partial charge on any atom is -0.332 e. The lowest BCUT2D eigenvalue weighted by Gasteiger charge is -2.09. The molecule has 4 nitrogen and oxygen atoms in total. The summed E-state index contributed by atoms with van der Waals surface area (Å²) < 4.78 is 23.4. The first-order valence-electron chi connectivity index (χ1n) is 2.50. The van der Waals surface area contributed by atoms with Crippen LogP contribution in [-0.4, -0.2) is 27.4 Å². The highest BCUT2D eigenvalue weighted by Gasteiger charge is 2.15. The van der Waals surface area contributed by atoms with Crippen LogP contribution in [0.3, 0.4) is 0 Å². The van der Waals surface area contributed by atoms with Crippen molar-refractivity contribution in [3.63, 3.8) is 0 Å². The minimum atomic E-state index is -2.86. The highest BCUT2D eigenvalue weighted by Crippen LogP contribution is 1.79. The van der Waals surface area contributed by atoms with E-state index in [2.05, 4.69) is 4.72 Å². The molecule has 0 aliphatic carbocycles. The molecule has 1 fully saturated rings. The van der Waals surface area contributed by atoms with Gasteiger partial charge in [-0.05, 0) is 0 Å². The van der Waals surface area contributed by atoms with Gasteiger partial charge in [-0.2, -0.15) is 4.72 Å². The maximum Gasteiger partial charge on any atom is 0.221 e. The first kappa shape index (κ1) is 6.00. The molecule has 0 aromatic heterocycles. The second kappa shape index (κ2) is 2.00. The van der Waals surface area contributed by atoms with Gasteiger partial charge in [0.05, 0.1) is 6.54 Å². The third kappa shape index (κ3) is 1.43. The molecule has 0 aromatic rings. The molecule has 48 valence electrons. The summed E-state index contributed by atoms with van der Waals surface area (Å²) in [6.45, 7) is 1.19. The molecule has 0 radical (unpaired) electrons. The molecule has 0 spiro atoms. The molecule has 0 unspecified atom stereocenters. The normalized spacial score (nSPS) is 27.5. The van der Waals surface area contributed by atoms with Crippen molar-refractivity contribution >= 4 is 10.0 Å². The van der Waals surface area contributed by atoms with Crippen LogP contribution in [0.5, 0.6) is 0 Å². The van der Waals surface area contributed by atoms with Crippen LogP contribution in [0.15, 0.2) is 0 Å². The van der Waals surface area contributed by atoms with E-state index in [0.717, 1.165) is 0 Å². The van der Waals surface area contributed by atoms with Crippen molar-refractivity contribution in [1.82, 2.24) is 4.72 Å². The SMILES string of the molecule is O=S1(=O)CC[NH2+]CN1. The van der Waals surface area contributed by atoms with Gasteiger partial charge >= 0.3 is 0 Å². The Morgan fingerprint density at radius 3 is 2.50 bits per heavy atom. The van der Waals surface area contributed by atoms with E-state index in [1.807, 2.05) is 5.32 Å². The van der Waals surface area contributed by atoms with Crippen molar-refractivity contribution in [3.8, 4) is 0 Å². The highest BCUT2D eigenvalue weighted by molar-refractivity contribution is 7.89. The molecule has 1 rings (SSSR count). The third-order valence-corrected chi connectivity index (χ3v) is 2.42. The van der Waals surface area contributed by atoms with E-state index in [9.17, 15) is 8.42 Å². The van der Waals surface area contributed by atoms with Gasteiger partial charge < -0.3 is 5.32 Å². The zero-order valence-electron chi connectivity index (χ0n) is 4.42. The van der Waals surface area contributed by atoms with E-state index < -0.39 is 10.0 Å². The van der Waals surface area contributed by atoms with Gasteiger partial charge in [0.2, 0.25) is 10.0 Å². The molecule has 1 aliphatic heterocycles. The van der Waals surface area contributed by atoms with E-state index >= 15 is 0 Å². The molecule has 0 bridgehead atoms. The molecular formula is C3H9N2O2S+. The summed E-state index contributed by atoms with van der Waals surface area (Å²) in [6.07, 6.45) is 0. The van der Waals surface area contributed by atoms with Crippen LogP contribution in [0.4, 0.5) is 0 Å². The lowest BCUT2D eigenvalue weighted by molar-refractivity contribution is -0.655. The molecule has 1 aliphatic rings. The fourth-order valence-corrected chi connectivity index (χ4v) is 1.59. The van der Waals surface area contributed by atoms with Crippen LogP contribution < -0.4 is 10.0 Å². The summed E-state index contributed by atoms with van der Waals surface area (Å²) >= 11 is 0. The van der Waals surface area contributed by atoms with Gasteiger partial charge in [0.15, 0.2) is 0 Å². The average Bonchev–Trinajstić information content (AvgIpc) is 1.65. The van der Waals surface area contributed by atoms with Gasteiger partial charge in [-0.25, -0.2) is 8.42 Å². The fraction of sp³-hybridized carbons (Fsp3) is 1.00. The van der Waals surface area contributed by atoms with Crippen molar-refractivity contribution < 1.29 is 13.7 Å². The van der Waals surface area contributed by atoms with Crippen molar-refractivity contribution in [2.45, 2.75) is 0 Å². The van der Waals surface area contributed by atoms with E-state index in [0.29, 0.717) is 13.2 Å². The standard InChI is InChI=1S/C3H8N2O2S/c6-8(7)2-1-4-3-5-8/h4-5H,1-3H2/p+1. The van der Waals surface area contributed by atoms with Gasteiger partial charge in [0.1, 0.15) is 12.4 Å². The van der Waals surface area contributed by atoms with E-state index in [-0.39, 0.29) is 5.75 Å². The van der Waals surface area contributed by atoms with Crippen LogP contribution in [0.25, 0.3) is 0 Å². The molecular weight excluding hydrogens is 128 g/mol. The van der Waals surface area contributed by atoms with Gasteiger partial charge in [0.25, 0.3) is 0 Å². The number of sulfonamides is 1.